The zero-order valence-corrected chi connectivity index (χ0v) is 12.4. The van der Waals surface area contributed by atoms with E-state index in [0.29, 0.717) is 5.95 Å². The van der Waals surface area contributed by atoms with Crippen LogP contribution in [0.2, 0.25) is 0 Å². The molecule has 0 aliphatic rings. The number of nitrogens with one attached hydrogen (secondary N) is 1. The van der Waals surface area contributed by atoms with Gasteiger partial charge in [-0.25, -0.2) is 9.97 Å². The number of hydrogen-bond acceptors (Lipinski definition) is 4. The maximum absolute atomic E-state index is 4.43. The molecule has 1 heterocycles. The van der Waals surface area contributed by atoms with Crippen LogP contribution in [0.15, 0.2) is 36.7 Å². The Balaban J connectivity index is 2.03. The van der Waals surface area contributed by atoms with Crippen molar-refractivity contribution in [3.05, 3.63) is 47.8 Å². The minimum absolute atomic E-state index is 0.716. The van der Waals surface area contributed by atoms with Crippen molar-refractivity contribution in [3.63, 3.8) is 0 Å². The van der Waals surface area contributed by atoms with Gasteiger partial charge in [0, 0.05) is 37.2 Å². The van der Waals surface area contributed by atoms with Crippen molar-refractivity contribution in [2.24, 2.45) is 0 Å². The minimum Gasteiger partial charge on any atom is -0.314 e. The summed E-state index contributed by atoms with van der Waals surface area (Å²) in [6.07, 6.45) is 4.90. The Kier molecular flexibility index (Phi) is 5.07. The summed E-state index contributed by atoms with van der Waals surface area (Å²) in [5.41, 5.74) is 3.45. The average molecular weight is 270 g/mol. The van der Waals surface area contributed by atoms with E-state index in [-0.39, 0.29) is 0 Å². The Morgan fingerprint density at radius 2 is 1.75 bits per heavy atom. The fourth-order valence-electron chi connectivity index (χ4n) is 1.91. The smallest absolute Gasteiger partial charge is 0.229 e. The summed E-state index contributed by atoms with van der Waals surface area (Å²) in [5, 5.41) is 3.34. The topological polar surface area (TPSA) is 41.1 Å². The second-order valence-corrected chi connectivity index (χ2v) is 4.96. The highest BCUT2D eigenvalue weighted by Crippen LogP contribution is 2.19. The number of rotatable bonds is 6. The zero-order valence-electron chi connectivity index (χ0n) is 12.4. The lowest BCUT2D eigenvalue weighted by molar-refractivity contribution is 0.672. The molecule has 0 saturated carbocycles. The van der Waals surface area contributed by atoms with Gasteiger partial charge >= 0.3 is 0 Å². The summed E-state index contributed by atoms with van der Waals surface area (Å²) in [6.45, 7) is 6.08. The summed E-state index contributed by atoms with van der Waals surface area (Å²) in [6, 6.07) is 8.34. The highest BCUT2D eigenvalue weighted by Gasteiger charge is 2.06. The molecule has 0 aliphatic carbocycles. The van der Waals surface area contributed by atoms with E-state index in [1.807, 2.05) is 24.3 Å². The Hall–Kier alpha value is -1.94. The summed E-state index contributed by atoms with van der Waals surface area (Å²) in [5.74, 6) is 0.716. The lowest BCUT2D eigenvalue weighted by Crippen LogP contribution is -2.16. The van der Waals surface area contributed by atoms with E-state index in [9.17, 15) is 0 Å². The number of hydrogen-bond donors (Lipinski definition) is 1. The maximum atomic E-state index is 4.43. The third-order valence-electron chi connectivity index (χ3n) is 3.17. The monoisotopic (exact) mass is 270 g/mol. The summed E-state index contributed by atoms with van der Waals surface area (Å²) < 4.78 is 0. The Bertz CT molecular complexity index is 519. The first-order chi connectivity index (χ1) is 9.70. The van der Waals surface area contributed by atoms with E-state index in [0.717, 1.165) is 30.8 Å². The molecule has 2 rings (SSSR count). The summed E-state index contributed by atoms with van der Waals surface area (Å²) in [7, 11) is 1.98. The molecule has 0 aliphatic heterocycles. The van der Waals surface area contributed by atoms with Crippen LogP contribution in [-0.4, -0.2) is 23.6 Å². The van der Waals surface area contributed by atoms with E-state index >= 15 is 0 Å². The van der Waals surface area contributed by atoms with Crippen molar-refractivity contribution in [3.8, 4) is 0 Å². The molecule has 0 saturated heterocycles. The number of aryl methyl sites for hydroxylation is 1. The van der Waals surface area contributed by atoms with Crippen molar-refractivity contribution in [1.29, 1.82) is 0 Å². The van der Waals surface area contributed by atoms with Crippen molar-refractivity contribution in [1.82, 2.24) is 15.3 Å². The van der Waals surface area contributed by atoms with Gasteiger partial charge in [-0.3, -0.25) is 0 Å². The van der Waals surface area contributed by atoms with Crippen LogP contribution in [0.5, 0.6) is 0 Å². The van der Waals surface area contributed by atoms with Crippen molar-refractivity contribution in [2.75, 3.05) is 18.5 Å². The third kappa shape index (κ3) is 3.78. The van der Waals surface area contributed by atoms with Crippen LogP contribution in [0, 0.1) is 6.92 Å². The van der Waals surface area contributed by atoms with Gasteiger partial charge in [-0.1, -0.05) is 24.6 Å². The molecule has 0 amide bonds. The van der Waals surface area contributed by atoms with E-state index in [4.69, 9.17) is 0 Å². The first-order valence-electron chi connectivity index (χ1n) is 7.02. The van der Waals surface area contributed by atoms with Gasteiger partial charge in [-0.2, -0.15) is 0 Å². The molecule has 20 heavy (non-hydrogen) atoms. The molecule has 1 aromatic heterocycles. The molecule has 0 bridgehead atoms. The molecule has 1 N–H and O–H groups in total. The first kappa shape index (κ1) is 14.5. The largest absolute Gasteiger partial charge is 0.314 e. The maximum Gasteiger partial charge on any atom is 0.229 e. The molecule has 0 spiro atoms. The molecule has 4 nitrogen and oxygen atoms in total. The highest BCUT2D eigenvalue weighted by atomic mass is 15.2. The molecule has 0 unspecified atom stereocenters. The van der Waals surface area contributed by atoms with Gasteiger partial charge in [0.05, 0.1) is 0 Å². The summed E-state index contributed by atoms with van der Waals surface area (Å²) in [4.78, 5) is 10.9. The second-order valence-electron chi connectivity index (χ2n) is 4.96. The normalized spacial score (nSPS) is 10.6. The predicted octanol–water partition coefficient (Wildman–Crippen LogP) is 3.05. The van der Waals surface area contributed by atoms with E-state index < -0.39 is 0 Å². The number of anilines is 2. The van der Waals surface area contributed by atoms with Crippen LogP contribution >= 0.6 is 0 Å². The third-order valence-corrected chi connectivity index (χ3v) is 3.17. The van der Waals surface area contributed by atoms with Crippen LogP contribution in [0.3, 0.4) is 0 Å². The van der Waals surface area contributed by atoms with Gasteiger partial charge in [0.1, 0.15) is 0 Å². The number of aromatic nitrogens is 2. The molecule has 0 radical (unpaired) electrons. The van der Waals surface area contributed by atoms with Gasteiger partial charge in [-0.05, 0) is 32.0 Å². The molecule has 106 valence electrons. The van der Waals surface area contributed by atoms with Crippen LogP contribution in [0.4, 0.5) is 11.6 Å². The molecule has 4 heteroatoms. The van der Waals surface area contributed by atoms with Gasteiger partial charge in [0.2, 0.25) is 5.95 Å². The molecular weight excluding hydrogens is 248 g/mol. The Morgan fingerprint density at radius 1 is 1.10 bits per heavy atom. The Morgan fingerprint density at radius 3 is 2.35 bits per heavy atom. The first-order valence-corrected chi connectivity index (χ1v) is 7.02. The SMILES string of the molecule is CCCNCc1cnc(N(C)c2ccc(C)cc2)nc1. The van der Waals surface area contributed by atoms with Crippen molar-refractivity contribution in [2.45, 2.75) is 26.8 Å². The van der Waals surface area contributed by atoms with Gasteiger partial charge < -0.3 is 10.2 Å². The fraction of sp³-hybridized carbons (Fsp3) is 0.375. The second kappa shape index (κ2) is 7.01. The van der Waals surface area contributed by atoms with Crippen molar-refractivity contribution >= 4 is 11.6 Å². The van der Waals surface area contributed by atoms with Gasteiger partial charge in [0.25, 0.3) is 0 Å². The van der Waals surface area contributed by atoms with Crippen molar-refractivity contribution < 1.29 is 0 Å². The predicted molar refractivity (Wildman–Crippen MR) is 83.3 cm³/mol. The lowest BCUT2D eigenvalue weighted by atomic mass is 10.2. The molecular formula is C16H22N4. The van der Waals surface area contributed by atoms with Gasteiger partial charge in [-0.15, -0.1) is 0 Å². The standard InChI is InChI=1S/C16H22N4/c1-4-9-17-10-14-11-18-16(19-12-14)20(3)15-7-5-13(2)6-8-15/h5-8,11-12,17H,4,9-10H2,1-3H3. The van der Waals surface area contributed by atoms with Gasteiger partial charge in [0.15, 0.2) is 0 Å². The minimum atomic E-state index is 0.716. The van der Waals surface area contributed by atoms with Crippen LogP contribution in [-0.2, 0) is 6.54 Å². The molecule has 0 atom stereocenters. The number of nitrogens with zero attached hydrogens (tertiary/aromatic N) is 3. The van der Waals surface area contributed by atoms with E-state index in [1.54, 1.807) is 0 Å². The number of benzene rings is 1. The molecule has 1 aromatic carbocycles. The lowest BCUT2D eigenvalue weighted by Gasteiger charge is -2.17. The molecule has 0 fully saturated rings. The van der Waals surface area contributed by atoms with E-state index in [1.165, 1.54) is 5.56 Å². The van der Waals surface area contributed by atoms with Crippen LogP contribution in [0.1, 0.15) is 24.5 Å². The average Bonchev–Trinajstić information content (AvgIpc) is 2.48. The molecule has 2 aromatic rings. The fourth-order valence-corrected chi connectivity index (χ4v) is 1.91. The quantitative estimate of drug-likeness (QED) is 0.819. The zero-order chi connectivity index (χ0) is 14.4. The van der Waals surface area contributed by atoms with Crippen LogP contribution < -0.4 is 10.2 Å². The van der Waals surface area contributed by atoms with E-state index in [2.05, 4.69) is 53.4 Å². The summed E-state index contributed by atoms with van der Waals surface area (Å²) >= 11 is 0. The highest BCUT2D eigenvalue weighted by molar-refractivity contribution is 5.56. The Labute approximate surface area is 120 Å². The van der Waals surface area contributed by atoms with Crippen LogP contribution in [0.25, 0.3) is 0 Å².